The Hall–Kier alpha value is -1.33. The van der Waals surface area contributed by atoms with Gasteiger partial charge in [0.1, 0.15) is 5.15 Å². The molecule has 0 bridgehead atoms. The summed E-state index contributed by atoms with van der Waals surface area (Å²) in [7, 11) is 0. The van der Waals surface area contributed by atoms with Gasteiger partial charge in [0.25, 0.3) is 5.91 Å². The number of pyridine rings is 1. The average Bonchev–Trinajstić information content (AvgIpc) is 2.42. The molecule has 1 aromatic rings. The Bertz CT molecular complexity index is 461. The van der Waals surface area contributed by atoms with Crippen molar-refractivity contribution >= 4 is 23.2 Å². The molecule has 2 rings (SSSR count). The van der Waals surface area contributed by atoms with Crippen molar-refractivity contribution in [2.45, 2.75) is 25.8 Å². The normalized spacial score (nSPS) is 18.0. The van der Waals surface area contributed by atoms with Crippen LogP contribution in [-0.4, -0.2) is 30.1 Å². The van der Waals surface area contributed by atoms with Gasteiger partial charge in [0, 0.05) is 19.3 Å². The molecule has 0 saturated carbocycles. The lowest BCUT2D eigenvalue weighted by Crippen LogP contribution is -2.40. The number of halogens is 1. The van der Waals surface area contributed by atoms with Gasteiger partial charge in [-0.25, -0.2) is 4.98 Å². The van der Waals surface area contributed by atoms with Crippen molar-refractivity contribution in [1.82, 2.24) is 10.3 Å². The topological polar surface area (TPSA) is 77.2 Å². The molecule has 1 atom stereocenters. The van der Waals surface area contributed by atoms with Crippen molar-refractivity contribution < 1.29 is 9.53 Å². The van der Waals surface area contributed by atoms with E-state index in [4.69, 9.17) is 22.1 Å². The second kappa shape index (κ2) is 6.21. The molecule has 5 nitrogen and oxygen atoms in total. The summed E-state index contributed by atoms with van der Waals surface area (Å²) in [4.78, 5) is 16.0. The third-order valence-corrected chi connectivity index (χ3v) is 3.68. The zero-order valence-corrected chi connectivity index (χ0v) is 11.6. The van der Waals surface area contributed by atoms with Gasteiger partial charge in [-0.05, 0) is 31.7 Å². The summed E-state index contributed by atoms with van der Waals surface area (Å²) in [6.07, 6.45) is 3.33. The smallest absolute Gasteiger partial charge is 0.253 e. The number of nitrogens with zero attached hydrogens (tertiary/aromatic N) is 1. The van der Waals surface area contributed by atoms with Gasteiger partial charge in [-0.3, -0.25) is 4.79 Å². The number of anilines is 1. The lowest BCUT2D eigenvalue weighted by molar-refractivity contribution is 0.0538. The second-order valence-electron chi connectivity index (χ2n) is 4.81. The maximum atomic E-state index is 12.2. The first-order valence-corrected chi connectivity index (χ1v) is 6.75. The third kappa shape index (κ3) is 3.58. The maximum Gasteiger partial charge on any atom is 0.253 e. The molecule has 1 aliphatic rings. The highest BCUT2D eigenvalue weighted by molar-refractivity contribution is 6.29. The van der Waals surface area contributed by atoms with Gasteiger partial charge in [-0.1, -0.05) is 11.6 Å². The SMILES string of the molecule is CC(NC(=O)c1cc(Cl)ncc1N)C1CCOCC1. The fourth-order valence-electron chi connectivity index (χ4n) is 2.26. The van der Waals surface area contributed by atoms with E-state index in [0.717, 1.165) is 26.1 Å². The van der Waals surface area contributed by atoms with Gasteiger partial charge < -0.3 is 15.8 Å². The highest BCUT2D eigenvalue weighted by Gasteiger charge is 2.23. The summed E-state index contributed by atoms with van der Waals surface area (Å²) >= 11 is 5.78. The number of rotatable bonds is 3. The Kier molecular flexibility index (Phi) is 4.61. The van der Waals surface area contributed by atoms with E-state index in [9.17, 15) is 4.79 Å². The van der Waals surface area contributed by atoms with E-state index in [0.29, 0.717) is 17.2 Å². The lowest BCUT2D eigenvalue weighted by atomic mass is 9.93. The van der Waals surface area contributed by atoms with E-state index in [-0.39, 0.29) is 17.1 Å². The van der Waals surface area contributed by atoms with Gasteiger partial charge in [0.2, 0.25) is 0 Å². The van der Waals surface area contributed by atoms with Crippen LogP contribution in [0.25, 0.3) is 0 Å². The van der Waals surface area contributed by atoms with E-state index in [2.05, 4.69) is 10.3 Å². The van der Waals surface area contributed by atoms with E-state index in [1.165, 1.54) is 12.3 Å². The van der Waals surface area contributed by atoms with Crippen molar-refractivity contribution in [3.8, 4) is 0 Å². The molecule has 19 heavy (non-hydrogen) atoms. The molecule has 0 radical (unpaired) electrons. The van der Waals surface area contributed by atoms with E-state index in [1.807, 2.05) is 6.92 Å². The summed E-state index contributed by atoms with van der Waals surface area (Å²) in [5.74, 6) is 0.233. The predicted molar refractivity (Wildman–Crippen MR) is 74.1 cm³/mol. The third-order valence-electron chi connectivity index (χ3n) is 3.48. The molecule has 1 amide bonds. The lowest BCUT2D eigenvalue weighted by Gasteiger charge is -2.28. The minimum Gasteiger partial charge on any atom is -0.397 e. The number of nitrogen functional groups attached to an aromatic ring is 1. The number of nitrogens with two attached hydrogens (primary N) is 1. The quantitative estimate of drug-likeness (QED) is 0.830. The molecule has 1 aliphatic heterocycles. The Balaban J connectivity index is 2.01. The molecule has 0 spiro atoms. The summed E-state index contributed by atoms with van der Waals surface area (Å²) < 4.78 is 5.32. The molecule has 3 N–H and O–H groups in total. The number of ether oxygens (including phenoxy) is 1. The fraction of sp³-hybridized carbons (Fsp3) is 0.538. The van der Waals surface area contributed by atoms with Crippen molar-refractivity contribution in [3.05, 3.63) is 23.0 Å². The van der Waals surface area contributed by atoms with Crippen LogP contribution in [0, 0.1) is 5.92 Å². The number of amides is 1. The number of aromatic nitrogens is 1. The van der Waals surface area contributed by atoms with Gasteiger partial charge in [0.15, 0.2) is 0 Å². The largest absolute Gasteiger partial charge is 0.397 e. The van der Waals surface area contributed by atoms with Gasteiger partial charge >= 0.3 is 0 Å². The zero-order chi connectivity index (χ0) is 13.8. The predicted octanol–water partition coefficient (Wildman–Crippen LogP) is 1.86. The van der Waals surface area contributed by atoms with Crippen LogP contribution in [0.4, 0.5) is 5.69 Å². The molecular weight excluding hydrogens is 266 g/mol. The molecule has 0 aromatic carbocycles. The summed E-state index contributed by atoms with van der Waals surface area (Å²) in [5, 5.41) is 3.24. The van der Waals surface area contributed by atoms with Crippen molar-refractivity contribution in [2.24, 2.45) is 5.92 Å². The van der Waals surface area contributed by atoms with Gasteiger partial charge in [0.05, 0.1) is 17.4 Å². The molecular formula is C13H18ClN3O2. The van der Waals surface area contributed by atoms with Crippen LogP contribution in [0.1, 0.15) is 30.1 Å². The van der Waals surface area contributed by atoms with E-state index >= 15 is 0 Å². The second-order valence-corrected chi connectivity index (χ2v) is 5.19. The van der Waals surface area contributed by atoms with Crippen molar-refractivity contribution in [2.75, 3.05) is 18.9 Å². The molecule has 0 aliphatic carbocycles. The van der Waals surface area contributed by atoms with Crippen LogP contribution in [0.15, 0.2) is 12.3 Å². The number of hydrogen-bond donors (Lipinski definition) is 2. The van der Waals surface area contributed by atoms with Crippen LogP contribution in [0.3, 0.4) is 0 Å². The monoisotopic (exact) mass is 283 g/mol. The van der Waals surface area contributed by atoms with Crippen LogP contribution in [-0.2, 0) is 4.74 Å². The number of carbonyl (C=O) groups excluding carboxylic acids is 1. The Morgan fingerprint density at radius 2 is 2.26 bits per heavy atom. The first-order chi connectivity index (χ1) is 9.08. The fourth-order valence-corrected chi connectivity index (χ4v) is 2.41. The highest BCUT2D eigenvalue weighted by atomic mass is 35.5. The summed E-state index contributed by atoms with van der Waals surface area (Å²) in [6.45, 7) is 3.52. The van der Waals surface area contributed by atoms with Gasteiger partial charge in [-0.15, -0.1) is 0 Å². The van der Waals surface area contributed by atoms with Crippen molar-refractivity contribution in [3.63, 3.8) is 0 Å². The molecule has 2 heterocycles. The van der Waals surface area contributed by atoms with Crippen LogP contribution >= 0.6 is 11.6 Å². The van der Waals surface area contributed by atoms with E-state index in [1.54, 1.807) is 0 Å². The van der Waals surface area contributed by atoms with Crippen LogP contribution < -0.4 is 11.1 Å². The first-order valence-electron chi connectivity index (χ1n) is 6.37. The minimum atomic E-state index is -0.208. The Morgan fingerprint density at radius 3 is 2.95 bits per heavy atom. The number of hydrogen-bond acceptors (Lipinski definition) is 4. The molecule has 1 aromatic heterocycles. The minimum absolute atomic E-state index is 0.0859. The molecule has 104 valence electrons. The standard InChI is InChI=1S/C13H18ClN3O2/c1-8(9-2-4-19-5-3-9)17-13(18)10-6-12(14)16-7-11(10)15/h6-9H,2-5,15H2,1H3,(H,17,18). The van der Waals surface area contributed by atoms with Crippen LogP contribution in [0.2, 0.25) is 5.15 Å². The number of nitrogens with one attached hydrogen (secondary N) is 1. The van der Waals surface area contributed by atoms with Crippen molar-refractivity contribution in [1.29, 1.82) is 0 Å². The Morgan fingerprint density at radius 1 is 1.58 bits per heavy atom. The van der Waals surface area contributed by atoms with E-state index < -0.39 is 0 Å². The summed E-state index contributed by atoms with van der Waals surface area (Å²) in [6, 6.07) is 1.57. The average molecular weight is 284 g/mol. The van der Waals surface area contributed by atoms with Gasteiger partial charge in [-0.2, -0.15) is 0 Å². The molecule has 1 fully saturated rings. The zero-order valence-electron chi connectivity index (χ0n) is 10.9. The molecule has 1 unspecified atom stereocenters. The number of carbonyl (C=O) groups is 1. The maximum absolute atomic E-state index is 12.2. The van der Waals surface area contributed by atoms with Crippen LogP contribution in [0.5, 0.6) is 0 Å². The highest BCUT2D eigenvalue weighted by Crippen LogP contribution is 2.20. The summed E-state index contributed by atoms with van der Waals surface area (Å²) in [5.41, 5.74) is 6.45. The Labute approximate surface area is 117 Å². The molecule has 6 heteroatoms. The molecule has 1 saturated heterocycles. The first kappa shape index (κ1) is 14.1.